The number of carbonyl (C=O) groups excluding carboxylic acids is 1. The van der Waals surface area contributed by atoms with Crippen LogP contribution >= 0.6 is 0 Å². The average molecular weight is 387 g/mol. The van der Waals surface area contributed by atoms with Crippen LogP contribution in [0.4, 0.5) is 4.79 Å². The van der Waals surface area contributed by atoms with Gasteiger partial charge in [0.15, 0.2) is 0 Å². The highest BCUT2D eigenvalue weighted by Gasteiger charge is 2.25. The molecule has 1 heterocycles. The van der Waals surface area contributed by atoms with Crippen molar-refractivity contribution in [1.82, 2.24) is 9.80 Å². The zero-order valence-corrected chi connectivity index (χ0v) is 16.8. The average Bonchev–Trinajstić information content (AvgIpc) is 2.61. The van der Waals surface area contributed by atoms with Gasteiger partial charge in [-0.3, -0.25) is 4.90 Å². The molecule has 0 saturated carbocycles. The van der Waals surface area contributed by atoms with E-state index in [-0.39, 0.29) is 6.09 Å². The molecule has 1 aliphatic rings. The Labute approximate surface area is 161 Å². The van der Waals surface area contributed by atoms with Crippen molar-refractivity contribution >= 4 is 6.09 Å². The van der Waals surface area contributed by atoms with E-state index in [0.29, 0.717) is 59.3 Å². The van der Waals surface area contributed by atoms with Crippen LogP contribution in [0.2, 0.25) is 0 Å². The van der Waals surface area contributed by atoms with E-state index in [2.05, 4.69) is 14.9 Å². The molecule has 0 spiro atoms. The molecule has 1 amide bonds. The Bertz CT molecular complexity index is 457. The lowest BCUT2D eigenvalue weighted by Gasteiger charge is -2.35. The molecular formula is C17H33N5O5. The van der Waals surface area contributed by atoms with E-state index < -0.39 is 5.60 Å². The van der Waals surface area contributed by atoms with Crippen LogP contribution < -0.4 is 0 Å². The molecule has 0 bridgehead atoms. The number of nitrogens with zero attached hydrogens (tertiary/aromatic N) is 5. The third kappa shape index (κ3) is 12.4. The summed E-state index contributed by atoms with van der Waals surface area (Å²) >= 11 is 0. The molecule has 10 nitrogen and oxygen atoms in total. The van der Waals surface area contributed by atoms with Gasteiger partial charge in [-0.2, -0.15) is 0 Å². The third-order valence-corrected chi connectivity index (χ3v) is 3.72. The summed E-state index contributed by atoms with van der Waals surface area (Å²) in [5.74, 6) is 0. The second-order valence-corrected chi connectivity index (χ2v) is 7.10. The van der Waals surface area contributed by atoms with Crippen LogP contribution in [0.3, 0.4) is 0 Å². The molecule has 0 radical (unpaired) electrons. The van der Waals surface area contributed by atoms with E-state index in [4.69, 9.17) is 24.5 Å². The van der Waals surface area contributed by atoms with E-state index in [1.54, 1.807) is 4.90 Å². The highest BCUT2D eigenvalue weighted by Crippen LogP contribution is 2.11. The van der Waals surface area contributed by atoms with Crippen molar-refractivity contribution in [2.45, 2.75) is 26.4 Å². The number of piperazine rings is 1. The number of hydrogen-bond acceptors (Lipinski definition) is 7. The molecule has 156 valence electrons. The predicted octanol–water partition coefficient (Wildman–Crippen LogP) is 1.90. The smallest absolute Gasteiger partial charge is 0.410 e. The van der Waals surface area contributed by atoms with Gasteiger partial charge in [-0.15, -0.1) is 0 Å². The lowest BCUT2D eigenvalue weighted by molar-refractivity contribution is 0.00229. The van der Waals surface area contributed by atoms with Crippen LogP contribution in [-0.2, 0) is 18.9 Å². The maximum atomic E-state index is 12.0. The van der Waals surface area contributed by atoms with Crippen molar-refractivity contribution in [2.75, 3.05) is 78.9 Å². The summed E-state index contributed by atoms with van der Waals surface area (Å²) in [5, 5.41) is 3.37. The van der Waals surface area contributed by atoms with Gasteiger partial charge in [-0.25, -0.2) is 4.79 Å². The highest BCUT2D eigenvalue weighted by molar-refractivity contribution is 5.68. The van der Waals surface area contributed by atoms with Gasteiger partial charge in [-0.05, 0) is 26.3 Å². The zero-order valence-electron chi connectivity index (χ0n) is 16.8. The highest BCUT2D eigenvalue weighted by atomic mass is 16.6. The predicted molar refractivity (Wildman–Crippen MR) is 101 cm³/mol. The van der Waals surface area contributed by atoms with E-state index in [0.717, 1.165) is 19.6 Å². The number of ether oxygens (including phenoxy) is 4. The van der Waals surface area contributed by atoms with Gasteiger partial charge in [0.1, 0.15) is 5.60 Å². The van der Waals surface area contributed by atoms with Crippen LogP contribution in [0.15, 0.2) is 5.11 Å². The molecule has 0 N–H and O–H groups in total. The van der Waals surface area contributed by atoms with Crippen molar-refractivity contribution in [2.24, 2.45) is 5.11 Å². The van der Waals surface area contributed by atoms with Crippen LogP contribution in [0.25, 0.3) is 10.4 Å². The molecule has 0 aromatic carbocycles. The molecule has 1 aliphatic heterocycles. The Morgan fingerprint density at radius 2 is 1.52 bits per heavy atom. The summed E-state index contributed by atoms with van der Waals surface area (Å²) in [6.45, 7) is 12.9. The van der Waals surface area contributed by atoms with Gasteiger partial charge < -0.3 is 23.8 Å². The first-order chi connectivity index (χ1) is 12.9. The summed E-state index contributed by atoms with van der Waals surface area (Å²) in [7, 11) is 0. The molecule has 27 heavy (non-hydrogen) atoms. The Kier molecular flexibility index (Phi) is 11.8. The van der Waals surface area contributed by atoms with Crippen molar-refractivity contribution in [3.8, 4) is 0 Å². The van der Waals surface area contributed by atoms with Crippen molar-refractivity contribution in [3.05, 3.63) is 10.4 Å². The lowest BCUT2D eigenvalue weighted by atomic mass is 10.2. The molecule has 0 aromatic rings. The first-order valence-electron chi connectivity index (χ1n) is 9.37. The largest absolute Gasteiger partial charge is 0.444 e. The van der Waals surface area contributed by atoms with Crippen LogP contribution in [-0.4, -0.2) is 100 Å². The monoisotopic (exact) mass is 387 g/mol. The molecule has 0 unspecified atom stereocenters. The van der Waals surface area contributed by atoms with Crippen molar-refractivity contribution in [1.29, 1.82) is 0 Å². The van der Waals surface area contributed by atoms with Crippen LogP contribution in [0, 0.1) is 0 Å². The standard InChI is InChI=1S/C17H33N5O5/c1-17(2,3)27-16(23)22-7-5-21(6-8-22)9-11-25-13-15-26-14-12-24-10-4-19-20-18/h4-15H2,1-3H3. The van der Waals surface area contributed by atoms with Gasteiger partial charge in [0, 0.05) is 44.2 Å². The van der Waals surface area contributed by atoms with E-state index >= 15 is 0 Å². The van der Waals surface area contributed by atoms with Gasteiger partial charge >= 0.3 is 6.09 Å². The van der Waals surface area contributed by atoms with Gasteiger partial charge in [0.05, 0.1) is 39.6 Å². The maximum absolute atomic E-state index is 12.0. The SMILES string of the molecule is CC(C)(C)OC(=O)N1CCN(CCOCCOCCOCCN=[N+]=[N-])CC1. The number of rotatable bonds is 12. The third-order valence-electron chi connectivity index (χ3n) is 3.72. The molecule has 0 aliphatic carbocycles. The first kappa shape index (κ1) is 23.5. The van der Waals surface area contributed by atoms with Crippen molar-refractivity contribution in [3.63, 3.8) is 0 Å². The summed E-state index contributed by atoms with van der Waals surface area (Å²) in [6, 6.07) is 0. The molecule has 1 rings (SSSR count). The molecule has 10 heteroatoms. The minimum atomic E-state index is -0.456. The molecule has 0 aromatic heterocycles. The summed E-state index contributed by atoms with van der Waals surface area (Å²) in [4.78, 5) is 18.7. The molecule has 0 atom stereocenters. The summed E-state index contributed by atoms with van der Waals surface area (Å²) in [5.41, 5.74) is 7.65. The number of amides is 1. The Morgan fingerprint density at radius 1 is 0.963 bits per heavy atom. The van der Waals surface area contributed by atoms with E-state index in [1.807, 2.05) is 20.8 Å². The summed E-state index contributed by atoms with van der Waals surface area (Å²) < 4.78 is 21.6. The number of hydrogen-bond donors (Lipinski definition) is 0. The van der Waals surface area contributed by atoms with Gasteiger partial charge in [0.2, 0.25) is 0 Å². The maximum Gasteiger partial charge on any atom is 0.410 e. The Hall–Kier alpha value is -1.58. The fraction of sp³-hybridized carbons (Fsp3) is 0.941. The van der Waals surface area contributed by atoms with Crippen molar-refractivity contribution < 1.29 is 23.7 Å². The second-order valence-electron chi connectivity index (χ2n) is 7.10. The fourth-order valence-corrected chi connectivity index (χ4v) is 2.37. The lowest BCUT2D eigenvalue weighted by Crippen LogP contribution is -2.50. The van der Waals surface area contributed by atoms with Crippen LogP contribution in [0.5, 0.6) is 0 Å². The Morgan fingerprint density at radius 3 is 2.07 bits per heavy atom. The summed E-state index contributed by atoms with van der Waals surface area (Å²) in [6.07, 6.45) is -0.239. The van der Waals surface area contributed by atoms with Gasteiger partial charge in [0.25, 0.3) is 0 Å². The van der Waals surface area contributed by atoms with Gasteiger partial charge in [-0.1, -0.05) is 5.11 Å². The van der Waals surface area contributed by atoms with E-state index in [1.165, 1.54) is 0 Å². The quantitative estimate of drug-likeness (QED) is 0.219. The number of carbonyl (C=O) groups is 1. The van der Waals surface area contributed by atoms with E-state index in [9.17, 15) is 4.79 Å². The second kappa shape index (κ2) is 13.6. The molecule has 1 saturated heterocycles. The number of azide groups is 1. The minimum absolute atomic E-state index is 0.239. The fourth-order valence-electron chi connectivity index (χ4n) is 2.37. The van der Waals surface area contributed by atoms with Crippen LogP contribution in [0.1, 0.15) is 20.8 Å². The Balaban J connectivity index is 1.93. The topological polar surface area (TPSA) is 109 Å². The zero-order chi connectivity index (χ0) is 20.0. The minimum Gasteiger partial charge on any atom is -0.444 e. The normalized spacial score (nSPS) is 15.4. The molecular weight excluding hydrogens is 354 g/mol. The first-order valence-corrected chi connectivity index (χ1v) is 9.37. The molecule has 1 fully saturated rings.